The lowest BCUT2D eigenvalue weighted by Crippen LogP contribution is -2.53. The number of amides is 1. The monoisotopic (exact) mass is 236 g/mol. The molecule has 15 heavy (non-hydrogen) atoms. The van der Waals surface area contributed by atoms with Gasteiger partial charge in [0.25, 0.3) is 0 Å². The fourth-order valence-electron chi connectivity index (χ4n) is 1.13. The highest BCUT2D eigenvalue weighted by molar-refractivity contribution is 7.86. The van der Waals surface area contributed by atoms with Crippen LogP contribution in [0.15, 0.2) is 12.3 Å². The smallest absolute Gasteiger partial charge is 0.306 e. The van der Waals surface area contributed by atoms with Gasteiger partial charge in [-0.25, -0.2) is 0 Å². The van der Waals surface area contributed by atoms with E-state index in [2.05, 4.69) is 5.32 Å². The van der Waals surface area contributed by atoms with E-state index in [1.807, 2.05) is 0 Å². The highest BCUT2D eigenvalue weighted by atomic mass is 32.2. The van der Waals surface area contributed by atoms with Gasteiger partial charge in [0.05, 0.1) is 6.61 Å². The Morgan fingerprint density at radius 1 is 1.67 bits per heavy atom. The molecule has 1 amide bonds. The number of hydrogen-bond donors (Lipinski definition) is 2. The van der Waals surface area contributed by atoms with Crippen LogP contribution in [0, 0.1) is 0 Å². The molecule has 1 aliphatic rings. The van der Waals surface area contributed by atoms with E-state index in [1.165, 1.54) is 24.3 Å². The first-order valence-corrected chi connectivity index (χ1v) is 5.65. The molecule has 0 spiro atoms. The lowest BCUT2D eigenvalue weighted by molar-refractivity contribution is -0.118. The summed E-state index contributed by atoms with van der Waals surface area (Å²) in [7, 11) is -2.88. The van der Waals surface area contributed by atoms with Crippen molar-refractivity contribution in [1.82, 2.24) is 10.2 Å². The molecule has 0 fully saturated rings. The van der Waals surface area contributed by atoms with Crippen molar-refractivity contribution in [3.63, 3.8) is 0 Å². The Morgan fingerprint density at radius 3 is 2.87 bits per heavy atom. The minimum absolute atomic E-state index is 0.248. The second kappa shape index (κ2) is 4.60. The second-order valence-corrected chi connectivity index (χ2v) is 4.40. The summed E-state index contributed by atoms with van der Waals surface area (Å²) in [6.45, 7) is 0.532. The van der Waals surface area contributed by atoms with Crippen LogP contribution in [0.3, 0.4) is 0 Å². The number of methoxy groups -OCH3 is 1. The molecule has 0 aliphatic carbocycles. The zero-order chi connectivity index (χ0) is 11.5. The highest BCUT2D eigenvalue weighted by Gasteiger charge is 2.31. The summed E-state index contributed by atoms with van der Waals surface area (Å²) < 4.78 is 35.5. The van der Waals surface area contributed by atoms with Gasteiger partial charge in [-0.2, -0.15) is 8.42 Å². The molecule has 0 aromatic rings. The zero-order valence-corrected chi connectivity index (χ0v) is 8.90. The van der Waals surface area contributed by atoms with E-state index in [-0.39, 0.29) is 13.2 Å². The van der Waals surface area contributed by atoms with Crippen LogP contribution < -0.4 is 5.32 Å². The van der Waals surface area contributed by atoms with Crippen LogP contribution in [0.4, 0.5) is 0 Å². The van der Waals surface area contributed by atoms with Gasteiger partial charge in [-0.3, -0.25) is 9.35 Å². The lowest BCUT2D eigenvalue weighted by Gasteiger charge is -2.30. The van der Waals surface area contributed by atoms with Gasteiger partial charge in [0, 0.05) is 25.9 Å². The van der Waals surface area contributed by atoms with Crippen molar-refractivity contribution in [2.24, 2.45) is 0 Å². The van der Waals surface area contributed by atoms with E-state index in [9.17, 15) is 13.2 Å². The number of ether oxygens (including phenoxy) is 1. The van der Waals surface area contributed by atoms with Gasteiger partial charge in [-0.1, -0.05) is 0 Å². The summed E-state index contributed by atoms with van der Waals surface area (Å²) in [4.78, 5) is 12.2. The van der Waals surface area contributed by atoms with Crippen molar-refractivity contribution in [1.29, 1.82) is 0 Å². The summed E-state index contributed by atoms with van der Waals surface area (Å²) in [5.74, 6) is -0.564. The van der Waals surface area contributed by atoms with Crippen molar-refractivity contribution in [3.8, 4) is 0 Å². The van der Waals surface area contributed by atoms with Gasteiger partial charge in [0.2, 0.25) is 11.4 Å². The van der Waals surface area contributed by atoms with Crippen LogP contribution in [-0.2, 0) is 19.6 Å². The molecule has 0 aromatic carbocycles. The molecule has 1 unspecified atom stereocenters. The first kappa shape index (κ1) is 12.0. The van der Waals surface area contributed by atoms with Crippen molar-refractivity contribution in [2.75, 3.05) is 20.3 Å². The highest BCUT2D eigenvalue weighted by Crippen LogP contribution is 2.08. The fraction of sp³-hybridized carbons (Fsp3) is 0.571. The van der Waals surface area contributed by atoms with Gasteiger partial charge >= 0.3 is 10.1 Å². The van der Waals surface area contributed by atoms with E-state index in [0.717, 1.165) is 0 Å². The third-order valence-corrected chi connectivity index (χ3v) is 2.77. The molecular formula is C7H12N2O5S. The van der Waals surface area contributed by atoms with Gasteiger partial charge in [0.1, 0.15) is 0 Å². The first-order valence-electron chi connectivity index (χ1n) is 4.15. The SMILES string of the molecule is COCCN1C=CC(=O)NC1S(=O)(=O)O. The maximum Gasteiger partial charge on any atom is 0.306 e. The van der Waals surface area contributed by atoms with Crippen LogP contribution in [0.5, 0.6) is 0 Å². The molecule has 0 saturated carbocycles. The number of nitrogens with one attached hydrogen (secondary N) is 1. The maximum atomic E-state index is 10.9. The van der Waals surface area contributed by atoms with Gasteiger partial charge < -0.3 is 15.0 Å². The third-order valence-electron chi connectivity index (χ3n) is 1.82. The largest absolute Gasteiger partial charge is 0.383 e. The third kappa shape index (κ3) is 3.18. The van der Waals surface area contributed by atoms with Crippen molar-refractivity contribution < 1.29 is 22.5 Å². The Morgan fingerprint density at radius 2 is 2.33 bits per heavy atom. The molecule has 8 heteroatoms. The molecule has 0 radical (unpaired) electrons. The maximum absolute atomic E-state index is 10.9. The number of nitrogens with zero attached hydrogens (tertiary/aromatic N) is 1. The quantitative estimate of drug-likeness (QED) is 0.592. The average Bonchev–Trinajstić information content (AvgIpc) is 2.14. The van der Waals surface area contributed by atoms with Gasteiger partial charge in [0.15, 0.2) is 0 Å². The summed E-state index contributed by atoms with van der Waals surface area (Å²) in [5, 5.41) is 2.12. The van der Waals surface area contributed by atoms with Crippen molar-refractivity contribution >= 4 is 16.0 Å². The fourth-order valence-corrected chi connectivity index (χ4v) is 1.91. The molecule has 2 N–H and O–H groups in total. The minimum atomic E-state index is -4.35. The number of carbonyl (C=O) groups excluding carboxylic acids is 1. The van der Waals surface area contributed by atoms with E-state index in [4.69, 9.17) is 9.29 Å². The summed E-state index contributed by atoms with van der Waals surface area (Å²) in [5.41, 5.74) is -1.44. The van der Waals surface area contributed by atoms with Crippen molar-refractivity contribution in [2.45, 2.75) is 5.50 Å². The standard InChI is InChI=1S/C7H12N2O5S/c1-14-5-4-9-3-2-6(10)8-7(9)15(11,12)13/h2-3,7H,4-5H2,1H3,(H,8,10)(H,11,12,13). The molecule has 1 heterocycles. The molecule has 1 rings (SSSR count). The van der Waals surface area contributed by atoms with Crippen LogP contribution >= 0.6 is 0 Å². The van der Waals surface area contributed by atoms with Crippen LogP contribution in [0.25, 0.3) is 0 Å². The Hall–Kier alpha value is -1.12. The number of rotatable bonds is 4. The summed E-state index contributed by atoms with van der Waals surface area (Å²) in [6, 6.07) is 0. The van der Waals surface area contributed by atoms with Crippen LogP contribution in [-0.4, -0.2) is 49.5 Å². The Labute approximate surface area is 87.4 Å². The molecule has 1 atom stereocenters. The Kier molecular flexibility index (Phi) is 3.66. The van der Waals surface area contributed by atoms with E-state index >= 15 is 0 Å². The molecule has 7 nitrogen and oxygen atoms in total. The topological polar surface area (TPSA) is 95.9 Å². The predicted octanol–water partition coefficient (Wildman–Crippen LogP) is -1.25. The second-order valence-electron chi connectivity index (χ2n) is 2.92. The summed E-state index contributed by atoms with van der Waals surface area (Å²) >= 11 is 0. The lowest BCUT2D eigenvalue weighted by atomic mass is 10.4. The summed E-state index contributed by atoms with van der Waals surface area (Å²) in [6.07, 6.45) is 2.48. The van der Waals surface area contributed by atoms with Crippen molar-refractivity contribution in [3.05, 3.63) is 12.3 Å². The van der Waals surface area contributed by atoms with Crippen LogP contribution in [0.2, 0.25) is 0 Å². The van der Waals surface area contributed by atoms with E-state index in [1.54, 1.807) is 0 Å². The average molecular weight is 236 g/mol. The normalized spacial score (nSPS) is 21.6. The Balaban J connectivity index is 2.81. The number of hydrogen-bond acceptors (Lipinski definition) is 5. The molecule has 0 saturated heterocycles. The molecule has 86 valence electrons. The Bertz CT molecular complexity index is 364. The minimum Gasteiger partial charge on any atom is -0.383 e. The molecule has 0 aromatic heterocycles. The zero-order valence-electron chi connectivity index (χ0n) is 8.08. The van der Waals surface area contributed by atoms with Crippen LogP contribution in [0.1, 0.15) is 0 Å². The molecular weight excluding hydrogens is 224 g/mol. The van der Waals surface area contributed by atoms with E-state index in [0.29, 0.717) is 0 Å². The van der Waals surface area contributed by atoms with E-state index < -0.39 is 21.5 Å². The van der Waals surface area contributed by atoms with Gasteiger partial charge in [-0.15, -0.1) is 0 Å². The molecule has 1 aliphatic heterocycles. The first-order chi connectivity index (χ1) is 6.95. The van der Waals surface area contributed by atoms with Gasteiger partial charge in [-0.05, 0) is 0 Å². The predicted molar refractivity (Wildman–Crippen MR) is 51.2 cm³/mol. The number of carbonyl (C=O) groups is 1. The molecule has 0 bridgehead atoms.